The van der Waals surface area contributed by atoms with Gasteiger partial charge in [0.05, 0.1) is 14.2 Å². The van der Waals surface area contributed by atoms with Crippen molar-refractivity contribution >= 4 is 33.9 Å². The second-order valence-corrected chi connectivity index (χ2v) is 7.03. The molecular formula is C24H24N4O3. The van der Waals surface area contributed by atoms with Gasteiger partial charge in [-0.25, -0.2) is 9.78 Å². The summed E-state index contributed by atoms with van der Waals surface area (Å²) in [7, 11) is 3.01. The molecule has 0 saturated heterocycles. The number of fused-ring (bicyclic) bond motifs is 1. The number of nitrogens with zero attached hydrogens (tertiary/aromatic N) is 1. The van der Waals surface area contributed by atoms with Crippen molar-refractivity contribution in [1.82, 2.24) is 9.97 Å². The van der Waals surface area contributed by atoms with E-state index >= 15 is 0 Å². The summed E-state index contributed by atoms with van der Waals surface area (Å²) in [6.07, 6.45) is 4.53. The first-order chi connectivity index (χ1) is 15.2. The number of methoxy groups -OCH3 is 2. The average Bonchev–Trinajstić information content (AvgIpc) is 3.22. The number of pyridine rings is 1. The highest BCUT2D eigenvalue weighted by Crippen LogP contribution is 2.24. The van der Waals surface area contributed by atoms with Crippen molar-refractivity contribution in [2.24, 2.45) is 0 Å². The molecule has 2 aromatic carbocycles. The summed E-state index contributed by atoms with van der Waals surface area (Å²) >= 11 is 0. The van der Waals surface area contributed by atoms with Gasteiger partial charge in [-0.15, -0.1) is 0 Å². The number of hydrogen-bond acceptors (Lipinski definition) is 6. The molecule has 4 rings (SSSR count). The molecule has 7 heteroatoms. The minimum atomic E-state index is -0.461. The van der Waals surface area contributed by atoms with Crippen molar-refractivity contribution < 1.29 is 14.3 Å². The number of rotatable bonds is 8. The fraction of sp³-hybridized carbons (Fsp3) is 0.167. The third-order valence-electron chi connectivity index (χ3n) is 5.03. The lowest BCUT2D eigenvalue weighted by molar-refractivity contribution is 0.0594. The predicted molar refractivity (Wildman–Crippen MR) is 122 cm³/mol. The lowest BCUT2D eigenvalue weighted by atomic mass is 10.1. The summed E-state index contributed by atoms with van der Waals surface area (Å²) in [4.78, 5) is 18.9. The number of esters is 1. The summed E-state index contributed by atoms with van der Waals surface area (Å²) in [5.41, 5.74) is 5.34. The fourth-order valence-electron chi connectivity index (χ4n) is 3.40. The highest BCUT2D eigenvalue weighted by atomic mass is 16.5. The van der Waals surface area contributed by atoms with Crippen molar-refractivity contribution in [1.29, 1.82) is 0 Å². The number of carbonyl (C=O) groups excluding carboxylic acids is 1. The molecule has 4 aromatic rings. The first-order valence-corrected chi connectivity index (χ1v) is 9.95. The van der Waals surface area contributed by atoms with E-state index in [1.54, 1.807) is 25.4 Å². The quantitative estimate of drug-likeness (QED) is 0.359. The van der Waals surface area contributed by atoms with Gasteiger partial charge in [0.1, 0.15) is 11.4 Å². The maximum absolute atomic E-state index is 11.6. The number of carbonyl (C=O) groups is 1. The molecule has 7 nitrogen and oxygen atoms in total. The molecule has 158 valence electrons. The van der Waals surface area contributed by atoms with Gasteiger partial charge in [0.15, 0.2) is 0 Å². The van der Waals surface area contributed by atoms with Gasteiger partial charge in [-0.2, -0.15) is 0 Å². The zero-order valence-electron chi connectivity index (χ0n) is 17.4. The van der Waals surface area contributed by atoms with Gasteiger partial charge < -0.3 is 25.1 Å². The highest BCUT2D eigenvalue weighted by molar-refractivity contribution is 5.88. The Hall–Kier alpha value is -4.00. The molecule has 2 aromatic heterocycles. The van der Waals surface area contributed by atoms with Crippen LogP contribution in [0.15, 0.2) is 67.0 Å². The number of ether oxygens (including phenoxy) is 2. The first-order valence-electron chi connectivity index (χ1n) is 9.95. The van der Waals surface area contributed by atoms with Crippen LogP contribution in [-0.4, -0.2) is 36.7 Å². The maximum atomic E-state index is 11.6. The number of nitrogens with one attached hydrogen (secondary N) is 3. The van der Waals surface area contributed by atoms with E-state index in [0.717, 1.165) is 41.3 Å². The van der Waals surface area contributed by atoms with Crippen LogP contribution in [0.5, 0.6) is 5.75 Å². The normalized spacial score (nSPS) is 10.6. The Bertz CT molecular complexity index is 1190. The molecule has 0 atom stereocenters. The van der Waals surface area contributed by atoms with Crippen LogP contribution in [0, 0.1) is 0 Å². The summed E-state index contributed by atoms with van der Waals surface area (Å²) in [6.45, 7) is 0.818. The zero-order valence-corrected chi connectivity index (χ0v) is 17.4. The van der Waals surface area contributed by atoms with Gasteiger partial charge in [0.25, 0.3) is 0 Å². The van der Waals surface area contributed by atoms with Crippen LogP contribution >= 0.6 is 0 Å². The highest BCUT2D eigenvalue weighted by Gasteiger charge is 2.08. The number of H-pyrrole nitrogens is 1. The van der Waals surface area contributed by atoms with Crippen LogP contribution in [0.25, 0.3) is 10.9 Å². The Kier molecular flexibility index (Phi) is 6.03. The van der Waals surface area contributed by atoms with E-state index in [-0.39, 0.29) is 5.69 Å². The molecule has 0 amide bonds. The van der Waals surface area contributed by atoms with E-state index < -0.39 is 5.97 Å². The Morgan fingerprint density at radius 1 is 1.00 bits per heavy atom. The van der Waals surface area contributed by atoms with E-state index in [0.29, 0.717) is 0 Å². The largest absolute Gasteiger partial charge is 0.497 e. The van der Waals surface area contributed by atoms with Gasteiger partial charge in [-0.05, 0) is 60.5 Å². The Labute approximate surface area is 180 Å². The minimum Gasteiger partial charge on any atom is -0.497 e. The van der Waals surface area contributed by atoms with E-state index in [1.165, 1.54) is 18.1 Å². The van der Waals surface area contributed by atoms with Crippen LogP contribution < -0.4 is 15.4 Å². The molecule has 0 radical (unpaired) electrons. The van der Waals surface area contributed by atoms with Crippen LogP contribution in [0.3, 0.4) is 0 Å². The molecule has 0 fully saturated rings. The third kappa shape index (κ3) is 4.78. The molecule has 0 aliphatic rings. The van der Waals surface area contributed by atoms with E-state index in [9.17, 15) is 4.79 Å². The number of anilines is 3. The van der Waals surface area contributed by atoms with Crippen molar-refractivity contribution in [3.8, 4) is 5.75 Å². The predicted octanol–water partition coefficient (Wildman–Crippen LogP) is 4.76. The molecule has 0 bridgehead atoms. The van der Waals surface area contributed by atoms with Gasteiger partial charge in [-0.1, -0.05) is 0 Å². The second-order valence-electron chi connectivity index (χ2n) is 7.03. The second kappa shape index (κ2) is 9.21. The summed E-state index contributed by atoms with van der Waals surface area (Å²) < 4.78 is 9.99. The summed E-state index contributed by atoms with van der Waals surface area (Å²) in [6, 6.07) is 17.5. The molecular weight excluding hydrogens is 392 g/mol. The summed E-state index contributed by atoms with van der Waals surface area (Å²) in [5.74, 6) is 0.388. The monoisotopic (exact) mass is 416 g/mol. The Morgan fingerprint density at radius 3 is 2.58 bits per heavy atom. The fourth-order valence-corrected chi connectivity index (χ4v) is 3.40. The van der Waals surface area contributed by atoms with Crippen molar-refractivity contribution in [3.05, 3.63) is 78.2 Å². The number of aromatic amines is 1. The molecule has 0 saturated carbocycles. The molecule has 3 N–H and O–H groups in total. The van der Waals surface area contributed by atoms with Crippen LogP contribution in [0.4, 0.5) is 17.1 Å². The standard InChI is InChI=1S/C24H24N4O3/c1-30-20-7-8-21-16(15-27-22(21)14-20)9-11-25-17-3-5-18(6-4-17)28-19-10-12-26-23(13-19)24(29)31-2/h3-8,10,12-15,25,27H,9,11H2,1-2H3,(H,26,28). The maximum Gasteiger partial charge on any atom is 0.356 e. The van der Waals surface area contributed by atoms with E-state index in [2.05, 4.69) is 32.9 Å². The van der Waals surface area contributed by atoms with Gasteiger partial charge in [-0.3, -0.25) is 0 Å². The lowest BCUT2D eigenvalue weighted by Crippen LogP contribution is -2.05. The molecule has 0 aliphatic carbocycles. The topological polar surface area (TPSA) is 88.3 Å². The van der Waals surface area contributed by atoms with Crippen molar-refractivity contribution in [3.63, 3.8) is 0 Å². The van der Waals surface area contributed by atoms with Gasteiger partial charge >= 0.3 is 5.97 Å². The van der Waals surface area contributed by atoms with Crippen LogP contribution in [0.1, 0.15) is 16.1 Å². The number of hydrogen-bond donors (Lipinski definition) is 3. The zero-order chi connectivity index (χ0) is 21.6. The van der Waals surface area contributed by atoms with Crippen molar-refractivity contribution in [2.75, 3.05) is 31.4 Å². The average molecular weight is 416 g/mol. The molecule has 0 aliphatic heterocycles. The first kappa shape index (κ1) is 20.3. The molecule has 31 heavy (non-hydrogen) atoms. The van der Waals surface area contributed by atoms with Gasteiger partial charge in [0, 0.05) is 53.0 Å². The lowest BCUT2D eigenvalue weighted by Gasteiger charge is -2.10. The summed E-state index contributed by atoms with van der Waals surface area (Å²) in [5, 5.41) is 7.94. The number of benzene rings is 2. The van der Waals surface area contributed by atoms with E-state index in [4.69, 9.17) is 9.47 Å². The van der Waals surface area contributed by atoms with E-state index in [1.807, 2.05) is 36.4 Å². The molecule has 0 spiro atoms. The Balaban J connectivity index is 1.33. The Morgan fingerprint density at radius 2 is 1.81 bits per heavy atom. The van der Waals surface area contributed by atoms with Crippen LogP contribution in [0.2, 0.25) is 0 Å². The number of aromatic nitrogens is 2. The third-order valence-corrected chi connectivity index (χ3v) is 5.03. The minimum absolute atomic E-state index is 0.265. The molecule has 0 unspecified atom stereocenters. The molecule has 2 heterocycles. The van der Waals surface area contributed by atoms with Crippen LogP contribution in [-0.2, 0) is 11.2 Å². The van der Waals surface area contributed by atoms with Crippen molar-refractivity contribution in [2.45, 2.75) is 6.42 Å². The smallest absolute Gasteiger partial charge is 0.356 e. The SMILES string of the molecule is COC(=O)c1cc(Nc2ccc(NCCc3c[nH]c4cc(OC)ccc34)cc2)ccn1. The van der Waals surface area contributed by atoms with Gasteiger partial charge in [0.2, 0.25) is 0 Å².